The van der Waals surface area contributed by atoms with E-state index in [0.717, 1.165) is 24.3 Å². The van der Waals surface area contributed by atoms with Gasteiger partial charge in [-0.3, -0.25) is 9.59 Å². The highest BCUT2D eigenvalue weighted by Crippen LogP contribution is 2.50. The summed E-state index contributed by atoms with van der Waals surface area (Å²) in [7, 11) is 5.18. The second-order valence-corrected chi connectivity index (χ2v) is 20.8. The van der Waals surface area contributed by atoms with Gasteiger partial charge in [0.2, 0.25) is 11.8 Å². The molecular weight excluding hydrogens is 1070 g/mol. The van der Waals surface area contributed by atoms with E-state index in [4.69, 9.17) is 28.9 Å². The molecule has 19 nitrogen and oxygen atoms in total. The summed E-state index contributed by atoms with van der Waals surface area (Å²) in [5, 5.41) is 5.12. The molecule has 4 N–H and O–H groups in total. The Kier molecular flexibility index (Phi) is 16.3. The van der Waals surface area contributed by atoms with Gasteiger partial charge in [0, 0.05) is 82.4 Å². The lowest BCUT2D eigenvalue weighted by Crippen LogP contribution is -2.54. The summed E-state index contributed by atoms with van der Waals surface area (Å²) in [6.45, 7) is 4.05. The lowest BCUT2D eigenvalue weighted by Gasteiger charge is -2.38. The quantitative estimate of drug-likeness (QED) is 0.0714. The summed E-state index contributed by atoms with van der Waals surface area (Å²) in [6, 6.07) is 6.08. The van der Waals surface area contributed by atoms with E-state index in [1.54, 1.807) is 40.7 Å². The molecule has 4 fully saturated rings. The molecule has 4 amide bonds. The maximum Gasteiger partial charge on any atom is 0.407 e. The highest BCUT2D eigenvalue weighted by atomic mass is 19.2. The number of methoxy groups -OCH3 is 4. The number of rotatable bonds is 15. The van der Waals surface area contributed by atoms with E-state index in [1.807, 2.05) is 0 Å². The fraction of sp³-hybridized carbons (Fsp3) is 0.464. The van der Waals surface area contributed by atoms with Crippen molar-refractivity contribution in [2.24, 2.45) is 0 Å². The van der Waals surface area contributed by atoms with Crippen LogP contribution in [0.2, 0.25) is 0 Å². The minimum Gasteiger partial charge on any atom is -0.453 e. The summed E-state index contributed by atoms with van der Waals surface area (Å²) in [5.74, 6) is -5.04. The number of benzene rings is 4. The maximum absolute atomic E-state index is 17.0. The number of ether oxygens (including phenoxy) is 4. The molecule has 0 saturated carbocycles. The first kappa shape index (κ1) is 56.5. The highest BCUT2D eigenvalue weighted by molar-refractivity contribution is 5.88. The van der Waals surface area contributed by atoms with Gasteiger partial charge in [-0.2, -0.15) is 0 Å². The number of fused-ring (bicyclic) bond motifs is 2. The zero-order valence-electron chi connectivity index (χ0n) is 45.5. The first-order valence-corrected chi connectivity index (χ1v) is 26.9. The molecule has 0 aliphatic carbocycles. The van der Waals surface area contributed by atoms with Crippen molar-refractivity contribution in [3.05, 3.63) is 112 Å². The Morgan fingerprint density at radius 1 is 0.543 bits per heavy atom. The molecule has 6 heterocycles. The first-order valence-electron chi connectivity index (χ1n) is 26.9. The van der Waals surface area contributed by atoms with Crippen LogP contribution in [0.1, 0.15) is 99.3 Å². The van der Waals surface area contributed by atoms with Crippen LogP contribution in [0.25, 0.3) is 22.1 Å². The number of halogens is 6. The van der Waals surface area contributed by atoms with E-state index in [0.29, 0.717) is 61.5 Å². The number of H-pyrrole nitrogens is 2. The predicted octanol–water partition coefficient (Wildman–Crippen LogP) is 8.53. The number of aromatic nitrogens is 4. The smallest absolute Gasteiger partial charge is 0.407 e. The van der Waals surface area contributed by atoms with Gasteiger partial charge < -0.3 is 64.0 Å². The van der Waals surface area contributed by atoms with Crippen molar-refractivity contribution in [3.63, 3.8) is 0 Å². The van der Waals surface area contributed by atoms with Gasteiger partial charge in [-0.1, -0.05) is 6.07 Å². The van der Waals surface area contributed by atoms with Crippen LogP contribution in [-0.2, 0) is 28.5 Å². The lowest BCUT2D eigenvalue weighted by molar-refractivity contribution is -0.138. The predicted molar refractivity (Wildman–Crippen MR) is 285 cm³/mol. The van der Waals surface area contributed by atoms with Gasteiger partial charge in [-0.15, -0.1) is 0 Å². The number of hydrogen-bond acceptors (Lipinski definition) is 13. The Balaban J connectivity index is 0.997. The number of carbonyl (C=O) groups excluding carboxylic acids is 4. The van der Waals surface area contributed by atoms with Crippen molar-refractivity contribution in [2.45, 2.75) is 101 Å². The number of para-hydroxylation sites is 1. The molecule has 25 heteroatoms. The Labute approximate surface area is 462 Å². The number of carbonyl (C=O) groups is 4. The summed E-state index contributed by atoms with van der Waals surface area (Å²) in [6.07, 6.45) is -0.570. The van der Waals surface area contributed by atoms with Crippen molar-refractivity contribution in [1.29, 1.82) is 0 Å². The molecule has 4 aromatic carbocycles. The summed E-state index contributed by atoms with van der Waals surface area (Å²) >= 11 is 0. The number of nitrogens with zero attached hydrogens (tertiary/aromatic N) is 7. The van der Waals surface area contributed by atoms with Gasteiger partial charge in [-0.05, 0) is 88.8 Å². The molecule has 10 rings (SSSR count). The molecule has 6 aromatic rings. The molecule has 8 atom stereocenters. The van der Waals surface area contributed by atoms with E-state index in [1.165, 1.54) is 56.4 Å². The monoisotopic (exact) mass is 1130 g/mol. The average Bonchev–Trinajstić information content (AvgIpc) is 4.46. The average molecular weight is 1130 g/mol. The zero-order valence-corrected chi connectivity index (χ0v) is 45.5. The Bertz CT molecular complexity index is 3160. The van der Waals surface area contributed by atoms with Crippen molar-refractivity contribution in [1.82, 2.24) is 40.4 Å². The van der Waals surface area contributed by atoms with Crippen LogP contribution >= 0.6 is 0 Å². The molecule has 432 valence electrons. The minimum absolute atomic E-state index is 0.0127. The van der Waals surface area contributed by atoms with Crippen LogP contribution in [0.5, 0.6) is 0 Å². The van der Waals surface area contributed by atoms with Crippen molar-refractivity contribution < 1.29 is 64.5 Å². The fourth-order valence-electron chi connectivity index (χ4n) is 12.1. The van der Waals surface area contributed by atoms with E-state index < -0.39 is 107 Å². The summed E-state index contributed by atoms with van der Waals surface area (Å²) in [4.78, 5) is 76.4. The van der Waals surface area contributed by atoms with Gasteiger partial charge in [-0.25, -0.2) is 45.9 Å². The summed E-state index contributed by atoms with van der Waals surface area (Å²) < 4.78 is 118. The van der Waals surface area contributed by atoms with Gasteiger partial charge in [0.15, 0.2) is 11.6 Å². The molecule has 2 aromatic heterocycles. The number of aromatic amines is 2. The van der Waals surface area contributed by atoms with Crippen LogP contribution in [0, 0.1) is 34.9 Å². The third kappa shape index (κ3) is 10.8. The van der Waals surface area contributed by atoms with Crippen LogP contribution in [0.15, 0.2) is 54.6 Å². The van der Waals surface area contributed by atoms with Gasteiger partial charge in [0.1, 0.15) is 58.4 Å². The third-order valence-electron chi connectivity index (χ3n) is 16.3. The van der Waals surface area contributed by atoms with Crippen LogP contribution < -0.4 is 25.3 Å². The molecule has 4 aliphatic heterocycles. The molecular formula is C56H63F6N11O8. The van der Waals surface area contributed by atoms with E-state index >= 15 is 17.6 Å². The number of likely N-dealkylation sites (tertiary alicyclic amines) is 2. The Hall–Kier alpha value is -7.80. The molecule has 4 saturated heterocycles. The number of piperazine rings is 1. The van der Waals surface area contributed by atoms with Crippen LogP contribution in [-0.4, -0.2) is 146 Å². The number of amides is 4. The number of alkyl carbamates (subject to hydrolysis) is 2. The van der Waals surface area contributed by atoms with Gasteiger partial charge in [0.05, 0.1) is 72.7 Å². The third-order valence-corrected chi connectivity index (χ3v) is 16.3. The second-order valence-electron chi connectivity index (χ2n) is 20.8. The number of imidazole rings is 2. The minimum atomic E-state index is -1.10. The number of hydrogen-bond donors (Lipinski definition) is 4. The van der Waals surface area contributed by atoms with E-state index in [9.17, 15) is 28.0 Å². The van der Waals surface area contributed by atoms with E-state index in [2.05, 4.69) is 20.6 Å². The maximum atomic E-state index is 17.0. The Morgan fingerprint density at radius 3 is 1.35 bits per heavy atom. The Morgan fingerprint density at radius 2 is 0.951 bits per heavy atom. The molecule has 0 unspecified atom stereocenters. The normalized spacial score (nSPS) is 21.0. The lowest BCUT2D eigenvalue weighted by atomic mass is 10.0. The molecule has 0 radical (unpaired) electrons. The fourth-order valence-corrected chi connectivity index (χ4v) is 12.1. The summed E-state index contributed by atoms with van der Waals surface area (Å²) in [5.41, 5.74) is 0.837. The van der Waals surface area contributed by atoms with Gasteiger partial charge in [0.25, 0.3) is 0 Å². The molecule has 81 heavy (non-hydrogen) atoms. The van der Waals surface area contributed by atoms with Crippen LogP contribution in [0.4, 0.5) is 53.0 Å². The standard InChI is InChI=1S/C56H63F6N11O8/c1-28(78-3)47(67-55(76)80-5)53(74)71-16-8-12-45(71)51-63-39-24-31(35(59)26-41(39)65-51)43-14-15-44(73(43)30-22-37(61)50(38(62)23-30)70-20-18-69(19-21-70)49-33(57)10-7-11-34(49)58)32-25-40-42(27-36(32)60)66-52(64-40)46-13-9-17-72(46)54(75)48(29(2)79-4)68-56(77)81-6/h7,10-11,22-29,43-48H,8-9,12-21H2,1-6H3,(H,63,65)(H,64,66)(H,67,76)(H,68,77)/t28-,29-,43+,44+,45+,46+,47+,48+/m1/s1. The van der Waals surface area contributed by atoms with Crippen LogP contribution in [0.3, 0.4) is 0 Å². The molecule has 0 spiro atoms. The number of anilines is 3. The zero-order chi connectivity index (χ0) is 57.6. The highest BCUT2D eigenvalue weighted by Gasteiger charge is 2.43. The SMILES string of the molecule is COC(=O)N[C@H](C(=O)N1CCC[C@H]1c1nc2cc(F)c([C@@H]3CC[C@@H](c4cc5[nH]c([C@@H]6CCCN6C(=O)[C@@H](NC(=O)OC)[C@@H](C)OC)nc5cc4F)N3c3cc(F)c(N4CCN(c5c(F)cccc5F)CC4)c(F)c3)cc2[nH]1)[C@@H](C)OC. The van der Waals surface area contributed by atoms with Crippen molar-refractivity contribution in [3.8, 4) is 0 Å². The van der Waals surface area contributed by atoms with Gasteiger partial charge >= 0.3 is 12.2 Å². The second kappa shape index (κ2) is 23.4. The topological polar surface area (TPSA) is 203 Å². The molecule has 0 bridgehead atoms. The molecule has 4 aliphatic rings. The van der Waals surface area contributed by atoms with E-state index in [-0.39, 0.29) is 78.2 Å². The number of nitrogens with one attached hydrogen (secondary N) is 4. The van der Waals surface area contributed by atoms with Crippen molar-refractivity contribution >= 4 is 63.1 Å². The largest absolute Gasteiger partial charge is 0.453 e. The first-order chi connectivity index (χ1) is 38.9. The van der Waals surface area contributed by atoms with Crippen molar-refractivity contribution in [2.75, 3.05) is 82.4 Å².